The van der Waals surface area contributed by atoms with Crippen molar-refractivity contribution in [3.63, 3.8) is 0 Å². The van der Waals surface area contributed by atoms with Gasteiger partial charge in [-0.1, -0.05) is 15.9 Å². The molecule has 1 heterocycles. The molecule has 0 saturated heterocycles. The summed E-state index contributed by atoms with van der Waals surface area (Å²) in [6, 6.07) is 5.18. The SMILES string of the molecule is Fc1ccc(-c2cnccc2Br)c(F)c1. The molecule has 15 heavy (non-hydrogen) atoms. The Bertz CT molecular complexity index is 500. The summed E-state index contributed by atoms with van der Waals surface area (Å²) in [6.07, 6.45) is 3.12. The van der Waals surface area contributed by atoms with Crippen LogP contribution in [0.3, 0.4) is 0 Å². The highest BCUT2D eigenvalue weighted by Gasteiger charge is 2.09. The zero-order valence-electron chi connectivity index (χ0n) is 7.55. The third kappa shape index (κ3) is 2.04. The van der Waals surface area contributed by atoms with E-state index in [0.717, 1.165) is 10.5 Å². The molecule has 0 bridgehead atoms. The highest BCUT2D eigenvalue weighted by molar-refractivity contribution is 9.10. The van der Waals surface area contributed by atoms with E-state index in [-0.39, 0.29) is 0 Å². The van der Waals surface area contributed by atoms with Crippen LogP contribution in [0.25, 0.3) is 11.1 Å². The maximum atomic E-state index is 13.4. The largest absolute Gasteiger partial charge is 0.264 e. The van der Waals surface area contributed by atoms with Crippen molar-refractivity contribution in [1.29, 1.82) is 0 Å². The lowest BCUT2D eigenvalue weighted by Gasteiger charge is -2.04. The Morgan fingerprint density at radius 1 is 1.07 bits per heavy atom. The Morgan fingerprint density at radius 3 is 2.53 bits per heavy atom. The minimum absolute atomic E-state index is 0.330. The van der Waals surface area contributed by atoms with E-state index in [1.165, 1.54) is 18.3 Å². The van der Waals surface area contributed by atoms with E-state index in [4.69, 9.17) is 0 Å². The zero-order valence-corrected chi connectivity index (χ0v) is 9.13. The Balaban J connectivity index is 2.60. The van der Waals surface area contributed by atoms with Gasteiger partial charge in [0.1, 0.15) is 11.6 Å². The summed E-state index contributed by atoms with van der Waals surface area (Å²) in [6.45, 7) is 0. The summed E-state index contributed by atoms with van der Waals surface area (Å²) in [4.78, 5) is 3.90. The summed E-state index contributed by atoms with van der Waals surface area (Å²) in [5.74, 6) is -1.18. The van der Waals surface area contributed by atoms with Crippen molar-refractivity contribution < 1.29 is 8.78 Å². The van der Waals surface area contributed by atoms with Crippen LogP contribution < -0.4 is 0 Å². The maximum absolute atomic E-state index is 13.4. The molecule has 4 heteroatoms. The quantitative estimate of drug-likeness (QED) is 0.768. The first-order valence-corrected chi connectivity index (χ1v) is 5.03. The van der Waals surface area contributed by atoms with Gasteiger partial charge in [0.2, 0.25) is 0 Å². The van der Waals surface area contributed by atoms with Gasteiger partial charge in [0.15, 0.2) is 0 Å². The van der Waals surface area contributed by atoms with Crippen molar-refractivity contribution in [2.75, 3.05) is 0 Å². The molecule has 76 valence electrons. The van der Waals surface area contributed by atoms with Gasteiger partial charge in [-0.2, -0.15) is 0 Å². The van der Waals surface area contributed by atoms with Crippen molar-refractivity contribution in [2.24, 2.45) is 0 Å². The molecule has 0 atom stereocenters. The first-order chi connectivity index (χ1) is 7.18. The predicted octanol–water partition coefficient (Wildman–Crippen LogP) is 3.79. The lowest BCUT2D eigenvalue weighted by Crippen LogP contribution is -1.88. The van der Waals surface area contributed by atoms with Crippen LogP contribution >= 0.6 is 15.9 Å². The van der Waals surface area contributed by atoms with Crippen molar-refractivity contribution in [3.05, 3.63) is 52.8 Å². The Morgan fingerprint density at radius 2 is 1.87 bits per heavy atom. The molecule has 1 nitrogen and oxygen atoms in total. The fourth-order valence-electron chi connectivity index (χ4n) is 1.28. The average molecular weight is 270 g/mol. The van der Waals surface area contributed by atoms with Gasteiger partial charge in [-0.05, 0) is 18.2 Å². The molecule has 0 radical (unpaired) electrons. The first kappa shape index (κ1) is 10.2. The molecular formula is C11H6BrF2N. The summed E-state index contributed by atoms with van der Waals surface area (Å²) in [7, 11) is 0. The molecule has 0 aliphatic heterocycles. The average Bonchev–Trinajstić information content (AvgIpc) is 2.20. The van der Waals surface area contributed by atoms with Crippen LogP contribution in [0.1, 0.15) is 0 Å². The number of pyridine rings is 1. The van der Waals surface area contributed by atoms with Crippen LogP contribution in [-0.4, -0.2) is 4.98 Å². The standard InChI is InChI=1S/C11H6BrF2N/c12-10-3-4-15-6-9(10)8-2-1-7(13)5-11(8)14/h1-6H. The maximum Gasteiger partial charge on any atom is 0.134 e. The van der Waals surface area contributed by atoms with E-state index in [1.54, 1.807) is 12.3 Å². The number of rotatable bonds is 1. The smallest absolute Gasteiger partial charge is 0.134 e. The topological polar surface area (TPSA) is 12.9 Å². The number of halogens is 3. The van der Waals surface area contributed by atoms with Gasteiger partial charge in [-0.15, -0.1) is 0 Å². The van der Waals surface area contributed by atoms with Crippen LogP contribution in [0.4, 0.5) is 8.78 Å². The number of nitrogens with zero attached hydrogens (tertiary/aromatic N) is 1. The first-order valence-electron chi connectivity index (χ1n) is 4.23. The summed E-state index contributed by atoms with van der Waals surface area (Å²) < 4.78 is 26.8. The fraction of sp³-hybridized carbons (Fsp3) is 0. The van der Waals surface area contributed by atoms with E-state index in [0.29, 0.717) is 11.1 Å². The van der Waals surface area contributed by atoms with Gasteiger partial charge in [0, 0.05) is 34.1 Å². The highest BCUT2D eigenvalue weighted by atomic mass is 79.9. The second kappa shape index (κ2) is 4.06. The van der Waals surface area contributed by atoms with Gasteiger partial charge in [-0.25, -0.2) is 8.78 Å². The van der Waals surface area contributed by atoms with Crippen LogP contribution in [-0.2, 0) is 0 Å². The van der Waals surface area contributed by atoms with Crippen molar-refractivity contribution in [2.45, 2.75) is 0 Å². The molecule has 0 saturated carbocycles. The second-order valence-corrected chi connectivity index (χ2v) is 3.83. The van der Waals surface area contributed by atoms with Gasteiger partial charge in [0.05, 0.1) is 0 Å². The predicted molar refractivity (Wildman–Crippen MR) is 57.3 cm³/mol. The van der Waals surface area contributed by atoms with Gasteiger partial charge < -0.3 is 0 Å². The van der Waals surface area contributed by atoms with Crippen LogP contribution in [0.2, 0.25) is 0 Å². The zero-order chi connectivity index (χ0) is 10.8. The molecule has 0 aliphatic carbocycles. The molecule has 2 aromatic rings. The van der Waals surface area contributed by atoms with E-state index < -0.39 is 11.6 Å². The minimum atomic E-state index is -0.594. The molecule has 0 spiro atoms. The molecule has 1 aromatic heterocycles. The van der Waals surface area contributed by atoms with Crippen molar-refractivity contribution in [3.8, 4) is 11.1 Å². The normalized spacial score (nSPS) is 10.3. The summed E-state index contributed by atoms with van der Waals surface area (Å²) in [5.41, 5.74) is 0.936. The van der Waals surface area contributed by atoms with E-state index >= 15 is 0 Å². The molecule has 0 aliphatic rings. The van der Waals surface area contributed by atoms with Crippen molar-refractivity contribution >= 4 is 15.9 Å². The Labute approximate surface area is 93.9 Å². The lowest BCUT2D eigenvalue weighted by molar-refractivity contribution is 0.585. The van der Waals surface area contributed by atoms with Gasteiger partial charge in [-0.3, -0.25) is 4.98 Å². The van der Waals surface area contributed by atoms with Crippen LogP contribution in [0, 0.1) is 11.6 Å². The highest BCUT2D eigenvalue weighted by Crippen LogP contribution is 2.29. The number of benzene rings is 1. The number of aromatic nitrogens is 1. The molecular weight excluding hydrogens is 264 g/mol. The van der Waals surface area contributed by atoms with Crippen LogP contribution in [0.15, 0.2) is 41.1 Å². The van der Waals surface area contributed by atoms with Crippen molar-refractivity contribution in [1.82, 2.24) is 4.98 Å². The van der Waals surface area contributed by atoms with Crippen LogP contribution in [0.5, 0.6) is 0 Å². The summed E-state index contributed by atoms with van der Waals surface area (Å²) in [5, 5.41) is 0. The number of hydrogen-bond donors (Lipinski definition) is 0. The minimum Gasteiger partial charge on any atom is -0.264 e. The molecule has 0 unspecified atom stereocenters. The molecule has 2 rings (SSSR count). The van der Waals surface area contributed by atoms with E-state index in [9.17, 15) is 8.78 Å². The fourth-order valence-corrected chi connectivity index (χ4v) is 1.72. The molecule has 1 aromatic carbocycles. The third-order valence-corrected chi connectivity index (χ3v) is 2.68. The van der Waals surface area contributed by atoms with Gasteiger partial charge in [0.25, 0.3) is 0 Å². The molecule has 0 N–H and O–H groups in total. The number of hydrogen-bond acceptors (Lipinski definition) is 1. The second-order valence-electron chi connectivity index (χ2n) is 2.98. The van der Waals surface area contributed by atoms with E-state index in [1.807, 2.05) is 0 Å². The monoisotopic (exact) mass is 269 g/mol. The lowest BCUT2D eigenvalue weighted by atomic mass is 10.1. The Kier molecular flexibility index (Phi) is 2.77. The summed E-state index contributed by atoms with van der Waals surface area (Å²) >= 11 is 3.29. The molecule has 0 amide bonds. The molecule has 0 fully saturated rings. The van der Waals surface area contributed by atoms with Gasteiger partial charge >= 0.3 is 0 Å². The third-order valence-electron chi connectivity index (χ3n) is 1.99. The van der Waals surface area contributed by atoms with E-state index in [2.05, 4.69) is 20.9 Å². The Hall–Kier alpha value is -1.29.